The SMILES string of the molecule is CCCCCC[P+](CCCCC)(CCCCC)CCCCC. The summed E-state index contributed by atoms with van der Waals surface area (Å²) in [5, 5.41) is 0. The fourth-order valence-corrected chi connectivity index (χ4v) is 8.56. The van der Waals surface area contributed by atoms with Crippen LogP contribution in [-0.4, -0.2) is 24.6 Å². The van der Waals surface area contributed by atoms with E-state index in [0.717, 1.165) is 0 Å². The summed E-state index contributed by atoms with van der Waals surface area (Å²) in [5.41, 5.74) is 0. The maximum absolute atomic E-state index is 2.36. The Bertz CT molecular complexity index is 185. The first-order valence-electron chi connectivity index (χ1n) is 10.6. The van der Waals surface area contributed by atoms with Crippen LogP contribution in [-0.2, 0) is 0 Å². The standard InChI is InChI=1S/C21H46P/c1-5-9-13-17-21-22(18-14-10-6-2,19-15-11-7-3)20-16-12-8-4/h5-21H2,1-4H3/q+1. The molecule has 0 saturated carbocycles. The van der Waals surface area contributed by atoms with E-state index in [1.807, 2.05) is 0 Å². The predicted octanol–water partition coefficient (Wildman–Crippen LogP) is 8.15. The molecule has 0 aromatic rings. The van der Waals surface area contributed by atoms with Crippen LogP contribution in [0.1, 0.15) is 111 Å². The van der Waals surface area contributed by atoms with E-state index >= 15 is 0 Å². The zero-order chi connectivity index (χ0) is 16.5. The van der Waals surface area contributed by atoms with Crippen molar-refractivity contribution in [3.05, 3.63) is 0 Å². The second kappa shape index (κ2) is 16.3. The van der Waals surface area contributed by atoms with Crippen LogP contribution in [0.2, 0.25) is 0 Å². The molecular weight excluding hydrogens is 283 g/mol. The van der Waals surface area contributed by atoms with Gasteiger partial charge in [-0.3, -0.25) is 0 Å². The molecule has 0 heterocycles. The van der Waals surface area contributed by atoms with Gasteiger partial charge in [-0.05, 0) is 32.1 Å². The summed E-state index contributed by atoms with van der Waals surface area (Å²) in [6, 6.07) is 0. The number of hydrogen-bond donors (Lipinski definition) is 0. The van der Waals surface area contributed by atoms with Gasteiger partial charge in [0.15, 0.2) is 0 Å². The van der Waals surface area contributed by atoms with Gasteiger partial charge in [-0.2, -0.15) is 0 Å². The van der Waals surface area contributed by atoms with Gasteiger partial charge in [0, 0.05) is 7.26 Å². The summed E-state index contributed by atoms with van der Waals surface area (Å²) in [4.78, 5) is 0. The van der Waals surface area contributed by atoms with E-state index in [0.29, 0.717) is 0 Å². The average Bonchev–Trinajstić information content (AvgIpc) is 2.52. The van der Waals surface area contributed by atoms with Crippen LogP contribution in [0, 0.1) is 0 Å². The second-order valence-electron chi connectivity index (χ2n) is 7.42. The largest absolute Gasteiger partial charge is 0.0654 e. The second-order valence-corrected chi connectivity index (χ2v) is 11.9. The van der Waals surface area contributed by atoms with E-state index in [9.17, 15) is 0 Å². The lowest BCUT2D eigenvalue weighted by atomic mass is 10.2. The Morgan fingerprint density at radius 1 is 0.364 bits per heavy atom. The Balaban J connectivity index is 4.53. The molecule has 0 aliphatic carbocycles. The van der Waals surface area contributed by atoms with Gasteiger partial charge in [-0.25, -0.2) is 0 Å². The average molecular weight is 330 g/mol. The van der Waals surface area contributed by atoms with E-state index in [2.05, 4.69) is 27.7 Å². The Morgan fingerprint density at radius 3 is 0.955 bits per heavy atom. The van der Waals surface area contributed by atoms with Crippen LogP contribution < -0.4 is 0 Å². The molecule has 0 amide bonds. The predicted molar refractivity (Wildman–Crippen MR) is 109 cm³/mol. The van der Waals surface area contributed by atoms with Crippen molar-refractivity contribution in [1.82, 2.24) is 0 Å². The number of hydrogen-bond acceptors (Lipinski definition) is 0. The highest BCUT2D eigenvalue weighted by Crippen LogP contribution is 2.61. The Hall–Kier alpha value is 0.430. The highest BCUT2D eigenvalue weighted by molar-refractivity contribution is 7.75. The molecule has 0 unspecified atom stereocenters. The van der Waals surface area contributed by atoms with E-state index < -0.39 is 7.26 Å². The van der Waals surface area contributed by atoms with Gasteiger partial charge in [0.25, 0.3) is 0 Å². The first-order chi connectivity index (χ1) is 10.7. The van der Waals surface area contributed by atoms with E-state index in [-0.39, 0.29) is 0 Å². The molecule has 0 aromatic carbocycles. The quantitative estimate of drug-likeness (QED) is 0.186. The fraction of sp³-hybridized carbons (Fsp3) is 1.00. The minimum absolute atomic E-state index is 0.625. The summed E-state index contributed by atoms with van der Waals surface area (Å²) in [5.74, 6) is 0. The maximum atomic E-state index is 2.36. The van der Waals surface area contributed by atoms with E-state index in [1.165, 1.54) is 83.5 Å². The Morgan fingerprint density at radius 2 is 0.636 bits per heavy atom. The molecule has 0 aromatic heterocycles. The van der Waals surface area contributed by atoms with Gasteiger partial charge in [-0.15, -0.1) is 0 Å². The van der Waals surface area contributed by atoms with Crippen molar-refractivity contribution >= 4 is 7.26 Å². The van der Waals surface area contributed by atoms with Gasteiger partial charge in [0.2, 0.25) is 0 Å². The van der Waals surface area contributed by atoms with Crippen molar-refractivity contribution in [2.75, 3.05) is 24.6 Å². The third kappa shape index (κ3) is 11.9. The first kappa shape index (κ1) is 22.4. The van der Waals surface area contributed by atoms with Crippen LogP contribution in [0.15, 0.2) is 0 Å². The molecule has 0 spiro atoms. The number of unbranched alkanes of at least 4 members (excludes halogenated alkanes) is 9. The molecule has 22 heavy (non-hydrogen) atoms. The van der Waals surface area contributed by atoms with Crippen molar-refractivity contribution in [3.8, 4) is 0 Å². The normalized spacial score (nSPS) is 12.0. The third-order valence-electron chi connectivity index (χ3n) is 5.19. The third-order valence-corrected chi connectivity index (χ3v) is 10.3. The molecule has 0 nitrogen and oxygen atoms in total. The molecule has 0 atom stereocenters. The van der Waals surface area contributed by atoms with Crippen LogP contribution >= 0.6 is 7.26 Å². The maximum Gasteiger partial charge on any atom is 0.0594 e. The fourth-order valence-electron chi connectivity index (χ4n) is 3.64. The molecule has 0 aliphatic rings. The highest BCUT2D eigenvalue weighted by Gasteiger charge is 2.34. The monoisotopic (exact) mass is 329 g/mol. The van der Waals surface area contributed by atoms with Crippen molar-refractivity contribution in [3.63, 3.8) is 0 Å². The molecule has 0 aliphatic heterocycles. The molecule has 0 saturated heterocycles. The smallest absolute Gasteiger partial charge is 0.0594 e. The van der Waals surface area contributed by atoms with Crippen molar-refractivity contribution < 1.29 is 0 Å². The van der Waals surface area contributed by atoms with Gasteiger partial charge >= 0.3 is 0 Å². The minimum atomic E-state index is -0.625. The summed E-state index contributed by atoms with van der Waals surface area (Å²) in [6.07, 6.45) is 25.5. The van der Waals surface area contributed by atoms with Gasteiger partial charge in [0.1, 0.15) is 0 Å². The van der Waals surface area contributed by atoms with Crippen molar-refractivity contribution in [1.29, 1.82) is 0 Å². The summed E-state index contributed by atoms with van der Waals surface area (Å²) >= 11 is 0. The number of rotatable bonds is 17. The molecule has 134 valence electrons. The van der Waals surface area contributed by atoms with Crippen molar-refractivity contribution in [2.45, 2.75) is 111 Å². The van der Waals surface area contributed by atoms with Crippen LogP contribution in [0.5, 0.6) is 0 Å². The molecule has 0 bridgehead atoms. The highest BCUT2D eigenvalue weighted by atomic mass is 31.2. The molecule has 1 heteroatoms. The van der Waals surface area contributed by atoms with Gasteiger partial charge < -0.3 is 0 Å². The molecule has 0 radical (unpaired) electrons. The molecule has 0 N–H and O–H groups in total. The van der Waals surface area contributed by atoms with Crippen LogP contribution in [0.3, 0.4) is 0 Å². The Labute approximate surface area is 143 Å². The Kier molecular flexibility index (Phi) is 16.6. The molecule has 0 fully saturated rings. The van der Waals surface area contributed by atoms with E-state index in [1.54, 1.807) is 24.6 Å². The van der Waals surface area contributed by atoms with Crippen LogP contribution in [0.4, 0.5) is 0 Å². The lowest BCUT2D eigenvalue weighted by Crippen LogP contribution is -2.13. The van der Waals surface area contributed by atoms with E-state index in [4.69, 9.17) is 0 Å². The van der Waals surface area contributed by atoms with Crippen molar-refractivity contribution in [2.24, 2.45) is 0 Å². The van der Waals surface area contributed by atoms with Crippen LogP contribution in [0.25, 0.3) is 0 Å². The lowest BCUT2D eigenvalue weighted by Gasteiger charge is -2.28. The topological polar surface area (TPSA) is 0 Å². The summed E-state index contributed by atoms with van der Waals surface area (Å²) in [6.45, 7) is 9.41. The zero-order valence-electron chi connectivity index (χ0n) is 16.5. The minimum Gasteiger partial charge on any atom is -0.0654 e. The molecular formula is C21H46P+. The lowest BCUT2D eigenvalue weighted by molar-refractivity contribution is 0.695. The van der Waals surface area contributed by atoms with Gasteiger partial charge in [-0.1, -0.05) is 79.1 Å². The summed E-state index contributed by atoms with van der Waals surface area (Å²) in [7, 11) is -0.625. The zero-order valence-corrected chi connectivity index (χ0v) is 17.4. The van der Waals surface area contributed by atoms with Gasteiger partial charge in [0.05, 0.1) is 24.6 Å². The molecule has 0 rings (SSSR count). The first-order valence-corrected chi connectivity index (χ1v) is 13.1. The summed E-state index contributed by atoms with van der Waals surface area (Å²) < 4.78 is 0.